The molecule has 1 unspecified atom stereocenters. The number of carbonyl (C=O) groups is 2. The Morgan fingerprint density at radius 3 is 2.48 bits per heavy atom. The Bertz CT molecular complexity index is 852. The molecule has 6 nitrogen and oxygen atoms in total. The summed E-state index contributed by atoms with van der Waals surface area (Å²) in [5.41, 5.74) is 0.440. The van der Waals surface area contributed by atoms with Crippen molar-refractivity contribution in [3.63, 3.8) is 0 Å². The number of aryl methyl sites for hydroxylation is 1. The van der Waals surface area contributed by atoms with Gasteiger partial charge in [-0.1, -0.05) is 32.0 Å². The highest BCUT2D eigenvalue weighted by Crippen LogP contribution is 2.36. The van der Waals surface area contributed by atoms with Crippen LogP contribution in [0.25, 0.3) is 0 Å². The fourth-order valence-electron chi connectivity index (χ4n) is 2.61. The summed E-state index contributed by atoms with van der Waals surface area (Å²) in [5.74, 6) is -0.578. The van der Waals surface area contributed by atoms with Gasteiger partial charge >= 0.3 is 11.9 Å². The van der Waals surface area contributed by atoms with E-state index in [0.717, 1.165) is 0 Å². The molecule has 1 saturated heterocycles. The Balaban J connectivity index is 1.69. The van der Waals surface area contributed by atoms with Gasteiger partial charge in [-0.15, -0.1) is 0 Å². The zero-order valence-corrected chi connectivity index (χ0v) is 15.5. The Kier molecular flexibility index (Phi) is 5.19. The molecule has 1 atom stereocenters. The van der Waals surface area contributed by atoms with Gasteiger partial charge in [-0.3, -0.25) is 0 Å². The van der Waals surface area contributed by atoms with E-state index in [1.165, 1.54) is 0 Å². The molecule has 1 fully saturated rings. The first kappa shape index (κ1) is 18.9. The Morgan fingerprint density at radius 2 is 1.89 bits per heavy atom. The van der Waals surface area contributed by atoms with Gasteiger partial charge in [0.1, 0.15) is 18.1 Å². The summed E-state index contributed by atoms with van der Waals surface area (Å²) < 4.78 is 16.0. The van der Waals surface area contributed by atoms with Crippen molar-refractivity contribution in [2.75, 3.05) is 13.2 Å². The smallest absolute Gasteiger partial charge is 0.349 e. The molecule has 3 rings (SSSR count). The second-order valence-electron chi connectivity index (χ2n) is 6.95. The van der Waals surface area contributed by atoms with Crippen molar-refractivity contribution >= 4 is 11.9 Å². The van der Waals surface area contributed by atoms with Crippen LogP contribution in [0, 0.1) is 6.92 Å². The minimum Gasteiger partial charge on any atom is -0.508 e. The van der Waals surface area contributed by atoms with Gasteiger partial charge in [0.05, 0.1) is 12.2 Å². The zero-order valence-electron chi connectivity index (χ0n) is 15.5. The van der Waals surface area contributed by atoms with Crippen molar-refractivity contribution in [2.24, 2.45) is 0 Å². The van der Waals surface area contributed by atoms with Gasteiger partial charge in [-0.25, -0.2) is 9.59 Å². The van der Waals surface area contributed by atoms with Crippen LogP contribution < -0.4 is 4.74 Å². The quantitative estimate of drug-likeness (QED) is 0.477. The lowest BCUT2D eigenvalue weighted by molar-refractivity contribution is -0.142. The fraction of sp³-hybridized carbons (Fsp3) is 0.333. The number of phenolic OH excluding ortho intramolecular Hbond substituents is 1. The number of esters is 2. The van der Waals surface area contributed by atoms with Gasteiger partial charge in [0.25, 0.3) is 0 Å². The number of hydrogen-bond donors (Lipinski definition) is 1. The van der Waals surface area contributed by atoms with Gasteiger partial charge in [0.2, 0.25) is 5.60 Å². The van der Waals surface area contributed by atoms with E-state index in [9.17, 15) is 14.7 Å². The van der Waals surface area contributed by atoms with Crippen LogP contribution in [0.15, 0.2) is 42.5 Å². The largest absolute Gasteiger partial charge is 0.508 e. The monoisotopic (exact) mass is 370 g/mol. The third kappa shape index (κ3) is 4.11. The molecule has 1 heterocycles. The Hall–Kier alpha value is -2.86. The molecule has 6 heteroatoms. The molecule has 2 aromatic carbocycles. The molecule has 0 radical (unpaired) electrons. The van der Waals surface area contributed by atoms with Gasteiger partial charge in [0, 0.05) is 5.56 Å². The van der Waals surface area contributed by atoms with Crippen LogP contribution >= 0.6 is 0 Å². The summed E-state index contributed by atoms with van der Waals surface area (Å²) in [6, 6.07) is 11.7. The lowest BCUT2D eigenvalue weighted by Crippen LogP contribution is -2.35. The second-order valence-corrected chi connectivity index (χ2v) is 6.95. The number of ether oxygens (including phenoxy) is 3. The van der Waals surface area contributed by atoms with Crippen LogP contribution in [-0.4, -0.2) is 35.9 Å². The van der Waals surface area contributed by atoms with Crippen molar-refractivity contribution in [1.82, 2.24) is 0 Å². The van der Waals surface area contributed by atoms with Crippen molar-refractivity contribution in [3.8, 4) is 11.5 Å². The molecule has 0 bridgehead atoms. The third-order valence-corrected chi connectivity index (χ3v) is 4.46. The van der Waals surface area contributed by atoms with E-state index in [1.54, 1.807) is 49.4 Å². The normalized spacial score (nSPS) is 18.2. The molecule has 0 aliphatic carbocycles. The zero-order chi connectivity index (χ0) is 19.6. The number of rotatable bonds is 6. The van der Waals surface area contributed by atoms with Gasteiger partial charge in [-0.2, -0.15) is 0 Å². The molecular formula is C21H22O6. The van der Waals surface area contributed by atoms with E-state index in [4.69, 9.17) is 14.2 Å². The van der Waals surface area contributed by atoms with Crippen LogP contribution in [0.2, 0.25) is 0 Å². The maximum absolute atomic E-state index is 12.6. The lowest BCUT2D eigenvalue weighted by atomic mass is 9.99. The van der Waals surface area contributed by atoms with Crippen LogP contribution in [-0.2, 0) is 14.3 Å². The lowest BCUT2D eigenvalue weighted by Gasteiger charge is -2.17. The number of epoxide rings is 1. The molecule has 1 N–H and O–H groups in total. The number of carbonyl (C=O) groups excluding carboxylic acids is 2. The standard InChI is InChI=1S/C21H22O6/c1-13(2)16-10-17(22)14(3)9-18(16)27-20(24)21(12-26-21)11-25-19(23)15-7-5-4-6-8-15/h4-10,13,22H,11-12H2,1-3H3. The maximum Gasteiger partial charge on any atom is 0.349 e. The Labute approximate surface area is 157 Å². The van der Waals surface area contributed by atoms with Gasteiger partial charge < -0.3 is 19.3 Å². The molecule has 0 spiro atoms. The van der Waals surface area contributed by atoms with Crippen molar-refractivity contribution in [3.05, 3.63) is 59.2 Å². The SMILES string of the molecule is Cc1cc(OC(=O)C2(COC(=O)c3ccccc3)CO2)c(C(C)C)cc1O. The maximum atomic E-state index is 12.6. The first-order chi connectivity index (χ1) is 12.8. The summed E-state index contributed by atoms with van der Waals surface area (Å²) >= 11 is 0. The van der Waals surface area contributed by atoms with E-state index in [-0.39, 0.29) is 24.9 Å². The predicted molar refractivity (Wildman–Crippen MR) is 98.0 cm³/mol. The average Bonchev–Trinajstić information content (AvgIpc) is 3.44. The molecule has 27 heavy (non-hydrogen) atoms. The van der Waals surface area contributed by atoms with E-state index in [2.05, 4.69) is 0 Å². The second kappa shape index (κ2) is 7.40. The molecular weight excluding hydrogens is 348 g/mol. The summed E-state index contributed by atoms with van der Waals surface area (Å²) in [7, 11) is 0. The number of phenols is 1. The van der Waals surface area contributed by atoms with Crippen LogP contribution in [0.3, 0.4) is 0 Å². The summed E-state index contributed by atoms with van der Waals surface area (Å²) in [6.45, 7) is 5.51. The molecule has 0 amide bonds. The first-order valence-electron chi connectivity index (χ1n) is 8.74. The molecule has 0 saturated carbocycles. The summed E-state index contributed by atoms with van der Waals surface area (Å²) in [5, 5.41) is 9.91. The first-order valence-corrected chi connectivity index (χ1v) is 8.74. The number of hydrogen-bond acceptors (Lipinski definition) is 6. The van der Waals surface area contributed by atoms with E-state index in [1.807, 2.05) is 13.8 Å². The Morgan fingerprint density at radius 1 is 1.22 bits per heavy atom. The minimum absolute atomic E-state index is 0.0475. The van der Waals surface area contributed by atoms with Crippen molar-refractivity contribution in [1.29, 1.82) is 0 Å². The highest BCUT2D eigenvalue weighted by Gasteiger charge is 2.56. The molecule has 2 aromatic rings. The number of benzene rings is 2. The van der Waals surface area contributed by atoms with E-state index >= 15 is 0 Å². The minimum atomic E-state index is -1.27. The summed E-state index contributed by atoms with van der Waals surface area (Å²) in [4.78, 5) is 24.7. The molecule has 0 aromatic heterocycles. The third-order valence-electron chi connectivity index (χ3n) is 4.46. The topological polar surface area (TPSA) is 85.4 Å². The van der Waals surface area contributed by atoms with Gasteiger partial charge in [0.15, 0.2) is 0 Å². The van der Waals surface area contributed by atoms with E-state index < -0.39 is 17.5 Å². The van der Waals surface area contributed by atoms with Crippen LogP contribution in [0.4, 0.5) is 0 Å². The summed E-state index contributed by atoms with van der Waals surface area (Å²) in [6.07, 6.45) is 0. The molecule has 1 aliphatic rings. The fourth-order valence-corrected chi connectivity index (χ4v) is 2.61. The van der Waals surface area contributed by atoms with Crippen LogP contribution in [0.5, 0.6) is 11.5 Å². The highest BCUT2D eigenvalue weighted by molar-refractivity contribution is 5.90. The van der Waals surface area contributed by atoms with Crippen LogP contribution in [0.1, 0.15) is 41.3 Å². The highest BCUT2D eigenvalue weighted by atomic mass is 16.7. The van der Waals surface area contributed by atoms with Crippen molar-refractivity contribution in [2.45, 2.75) is 32.3 Å². The van der Waals surface area contributed by atoms with E-state index in [0.29, 0.717) is 22.4 Å². The number of aromatic hydroxyl groups is 1. The average molecular weight is 370 g/mol. The van der Waals surface area contributed by atoms with Crippen molar-refractivity contribution < 1.29 is 28.9 Å². The molecule has 1 aliphatic heterocycles. The van der Waals surface area contributed by atoms with Gasteiger partial charge in [-0.05, 0) is 42.7 Å². The predicted octanol–water partition coefficient (Wildman–Crippen LogP) is 3.36. The molecule has 142 valence electrons.